The highest BCUT2D eigenvalue weighted by Gasteiger charge is 2.33. The van der Waals surface area contributed by atoms with Crippen LogP contribution in [0, 0.1) is 12.7 Å². The smallest absolute Gasteiger partial charge is 0.264 e. The van der Waals surface area contributed by atoms with Crippen LogP contribution in [0.1, 0.15) is 44.7 Å². The van der Waals surface area contributed by atoms with Crippen molar-refractivity contribution in [3.05, 3.63) is 89.7 Å². The third-order valence-corrected chi connectivity index (χ3v) is 8.36. The summed E-state index contributed by atoms with van der Waals surface area (Å²) in [4.78, 5) is 28.4. The highest BCUT2D eigenvalue weighted by Crippen LogP contribution is 2.33. The molecule has 0 heterocycles. The molecule has 10 heteroatoms. The number of rotatable bonds is 14. The van der Waals surface area contributed by atoms with Gasteiger partial charge < -0.3 is 15.0 Å². The molecular weight excluding hydrogens is 545 g/mol. The third kappa shape index (κ3) is 8.29. The van der Waals surface area contributed by atoms with Crippen molar-refractivity contribution in [3.63, 3.8) is 0 Å². The van der Waals surface area contributed by atoms with Crippen LogP contribution >= 0.6 is 0 Å². The number of sulfonamides is 1. The number of halogens is 1. The van der Waals surface area contributed by atoms with Gasteiger partial charge in [0, 0.05) is 13.1 Å². The second-order valence-corrected chi connectivity index (χ2v) is 11.6. The summed E-state index contributed by atoms with van der Waals surface area (Å²) in [6, 6.07) is 17.6. The Kier molecular flexibility index (Phi) is 11.3. The average Bonchev–Trinajstić information content (AvgIpc) is 2.96. The molecule has 220 valence electrons. The van der Waals surface area contributed by atoms with Gasteiger partial charge in [-0.05, 0) is 69.2 Å². The van der Waals surface area contributed by atoms with Crippen molar-refractivity contribution in [2.24, 2.45) is 0 Å². The third-order valence-electron chi connectivity index (χ3n) is 6.58. The Balaban J connectivity index is 2.04. The molecule has 8 nitrogen and oxygen atoms in total. The van der Waals surface area contributed by atoms with Crippen LogP contribution in [0.4, 0.5) is 10.1 Å². The van der Waals surface area contributed by atoms with E-state index in [0.29, 0.717) is 17.9 Å². The van der Waals surface area contributed by atoms with Gasteiger partial charge in [-0.3, -0.25) is 13.9 Å². The monoisotopic (exact) mass is 583 g/mol. The van der Waals surface area contributed by atoms with Gasteiger partial charge in [0.15, 0.2) is 0 Å². The van der Waals surface area contributed by atoms with Crippen molar-refractivity contribution >= 4 is 27.5 Å². The van der Waals surface area contributed by atoms with Crippen molar-refractivity contribution < 1.29 is 27.1 Å². The molecule has 0 aliphatic rings. The molecule has 3 rings (SSSR count). The minimum absolute atomic E-state index is 0.0117. The standard InChI is InChI=1S/C31H38FN3O5S/c1-5-7-20-33-31(37)24(4)34(21-25-14-16-26(32)17-15-25)30(36)22-35(28-10-8-9-11-29(28)40-6-2)41(38,39)27-18-12-23(3)13-19-27/h8-19,24H,5-7,20-22H2,1-4H3,(H,33,37). The second kappa shape index (κ2) is 14.6. The summed E-state index contributed by atoms with van der Waals surface area (Å²) in [6.07, 6.45) is 1.67. The summed E-state index contributed by atoms with van der Waals surface area (Å²) >= 11 is 0. The molecule has 0 bridgehead atoms. The zero-order valence-electron chi connectivity index (χ0n) is 24.0. The average molecular weight is 584 g/mol. The van der Waals surface area contributed by atoms with E-state index in [9.17, 15) is 22.4 Å². The highest BCUT2D eigenvalue weighted by atomic mass is 32.2. The topological polar surface area (TPSA) is 96.0 Å². The number of aryl methyl sites for hydroxylation is 1. The number of carbonyl (C=O) groups is 2. The lowest BCUT2D eigenvalue weighted by Gasteiger charge is -2.32. The first-order valence-corrected chi connectivity index (χ1v) is 15.1. The van der Waals surface area contributed by atoms with Gasteiger partial charge in [0.05, 0.1) is 17.2 Å². The fourth-order valence-electron chi connectivity index (χ4n) is 4.20. The number of unbranched alkanes of at least 4 members (excludes halogenated alkanes) is 1. The van der Waals surface area contributed by atoms with E-state index in [-0.39, 0.29) is 29.6 Å². The molecule has 3 aromatic carbocycles. The molecule has 0 fully saturated rings. The molecule has 0 saturated heterocycles. The summed E-state index contributed by atoms with van der Waals surface area (Å²) in [5.41, 5.74) is 1.68. The number of nitrogens with zero attached hydrogens (tertiary/aromatic N) is 2. The van der Waals surface area contributed by atoms with Crippen LogP contribution in [0.15, 0.2) is 77.7 Å². The molecule has 0 radical (unpaired) electrons. The Bertz CT molecular complexity index is 1410. The SMILES string of the molecule is CCCCNC(=O)C(C)N(Cc1ccc(F)cc1)C(=O)CN(c1ccccc1OCC)S(=O)(=O)c1ccc(C)cc1. The van der Waals surface area contributed by atoms with Crippen molar-refractivity contribution in [1.29, 1.82) is 0 Å². The van der Waals surface area contributed by atoms with Gasteiger partial charge in [-0.2, -0.15) is 0 Å². The minimum atomic E-state index is -4.23. The van der Waals surface area contributed by atoms with E-state index < -0.39 is 34.3 Å². The first-order chi connectivity index (χ1) is 19.6. The maximum Gasteiger partial charge on any atom is 0.264 e. The summed E-state index contributed by atoms with van der Waals surface area (Å²) in [5, 5.41) is 2.84. The van der Waals surface area contributed by atoms with Crippen LogP contribution < -0.4 is 14.4 Å². The predicted octanol–water partition coefficient (Wildman–Crippen LogP) is 5.06. The van der Waals surface area contributed by atoms with Gasteiger partial charge in [0.2, 0.25) is 11.8 Å². The number of benzene rings is 3. The van der Waals surface area contributed by atoms with E-state index in [1.165, 1.54) is 41.3 Å². The number of carbonyl (C=O) groups excluding carboxylic acids is 2. The maximum absolute atomic E-state index is 14.0. The van der Waals surface area contributed by atoms with Crippen LogP contribution in [-0.2, 0) is 26.2 Å². The zero-order valence-corrected chi connectivity index (χ0v) is 24.8. The van der Waals surface area contributed by atoms with Gasteiger partial charge in [-0.25, -0.2) is 12.8 Å². The molecule has 3 aromatic rings. The van der Waals surface area contributed by atoms with Crippen LogP contribution in [-0.4, -0.2) is 50.9 Å². The molecule has 1 N–H and O–H groups in total. The second-order valence-electron chi connectivity index (χ2n) is 9.69. The molecule has 2 amide bonds. The lowest BCUT2D eigenvalue weighted by atomic mass is 10.1. The van der Waals surface area contributed by atoms with Gasteiger partial charge in [0.1, 0.15) is 24.2 Å². The Morgan fingerprint density at radius 2 is 1.63 bits per heavy atom. The van der Waals surface area contributed by atoms with E-state index in [1.54, 1.807) is 50.2 Å². The van der Waals surface area contributed by atoms with Gasteiger partial charge in [-0.1, -0.05) is 55.3 Å². The number of nitrogens with one attached hydrogen (secondary N) is 1. The molecule has 0 saturated carbocycles. The zero-order chi connectivity index (χ0) is 30.0. The fraction of sp³-hybridized carbons (Fsp3) is 0.355. The summed E-state index contributed by atoms with van der Waals surface area (Å²) in [5.74, 6) is -1.10. The molecular formula is C31H38FN3O5S. The minimum Gasteiger partial charge on any atom is -0.492 e. The lowest BCUT2D eigenvalue weighted by molar-refractivity contribution is -0.139. The Morgan fingerprint density at radius 3 is 2.27 bits per heavy atom. The Morgan fingerprint density at radius 1 is 0.976 bits per heavy atom. The maximum atomic E-state index is 14.0. The normalized spacial score (nSPS) is 11.9. The number of anilines is 1. The van der Waals surface area contributed by atoms with Gasteiger partial charge >= 0.3 is 0 Å². The first kappa shape index (κ1) is 31.6. The Hall–Kier alpha value is -3.92. The van der Waals surface area contributed by atoms with E-state index in [1.807, 2.05) is 13.8 Å². The molecule has 1 unspecified atom stereocenters. The molecule has 0 spiro atoms. The first-order valence-electron chi connectivity index (χ1n) is 13.7. The molecule has 0 aliphatic heterocycles. The molecule has 0 aromatic heterocycles. The van der Waals surface area contributed by atoms with Crippen molar-refractivity contribution in [1.82, 2.24) is 10.2 Å². The highest BCUT2D eigenvalue weighted by molar-refractivity contribution is 7.92. The van der Waals surface area contributed by atoms with Crippen molar-refractivity contribution in [2.75, 3.05) is 24.0 Å². The van der Waals surface area contributed by atoms with Crippen LogP contribution in [0.5, 0.6) is 5.75 Å². The summed E-state index contributed by atoms with van der Waals surface area (Å²) < 4.78 is 48.4. The van der Waals surface area contributed by atoms with E-state index >= 15 is 0 Å². The van der Waals surface area contributed by atoms with Crippen LogP contribution in [0.2, 0.25) is 0 Å². The van der Waals surface area contributed by atoms with Crippen LogP contribution in [0.25, 0.3) is 0 Å². The van der Waals surface area contributed by atoms with E-state index in [2.05, 4.69) is 5.32 Å². The molecule has 1 atom stereocenters. The lowest BCUT2D eigenvalue weighted by Crippen LogP contribution is -2.51. The van der Waals surface area contributed by atoms with Crippen LogP contribution in [0.3, 0.4) is 0 Å². The number of amides is 2. The van der Waals surface area contributed by atoms with E-state index in [0.717, 1.165) is 22.7 Å². The quantitative estimate of drug-likeness (QED) is 0.268. The number of hydrogen-bond donors (Lipinski definition) is 1. The molecule has 0 aliphatic carbocycles. The van der Waals surface area contributed by atoms with E-state index in [4.69, 9.17) is 4.74 Å². The predicted molar refractivity (Wildman–Crippen MR) is 158 cm³/mol. The number of hydrogen-bond acceptors (Lipinski definition) is 5. The summed E-state index contributed by atoms with van der Waals surface area (Å²) in [7, 11) is -4.23. The number of para-hydroxylation sites is 2. The summed E-state index contributed by atoms with van der Waals surface area (Å²) in [6.45, 7) is 7.36. The van der Waals surface area contributed by atoms with Gasteiger partial charge in [0.25, 0.3) is 10.0 Å². The number of ether oxygens (including phenoxy) is 1. The van der Waals surface area contributed by atoms with Crippen molar-refractivity contribution in [2.45, 2.75) is 58.0 Å². The van der Waals surface area contributed by atoms with Crippen molar-refractivity contribution in [3.8, 4) is 5.75 Å². The fourth-order valence-corrected chi connectivity index (χ4v) is 5.62. The Labute approximate surface area is 242 Å². The molecule has 41 heavy (non-hydrogen) atoms. The largest absolute Gasteiger partial charge is 0.492 e. The van der Waals surface area contributed by atoms with Gasteiger partial charge in [-0.15, -0.1) is 0 Å².